The molecule has 0 unspecified atom stereocenters. The second-order valence-corrected chi connectivity index (χ2v) is 4.36. The molecule has 0 spiro atoms. The molecular weight excluding hydrogens is 200 g/mol. The van der Waals surface area contributed by atoms with Gasteiger partial charge in [-0.3, -0.25) is 4.98 Å². The molecule has 0 fully saturated rings. The highest BCUT2D eigenvalue weighted by molar-refractivity contribution is 5.28. The lowest BCUT2D eigenvalue weighted by Crippen LogP contribution is -2.12. The Bertz CT molecular complexity index is 321. The monoisotopic (exact) mass is 215 g/mol. The van der Waals surface area contributed by atoms with Gasteiger partial charge in [0.15, 0.2) is 0 Å². The predicted molar refractivity (Wildman–Crippen MR) is 54.4 cm³/mol. The molecule has 0 aliphatic heterocycles. The number of pyridine rings is 1. The third-order valence-electron chi connectivity index (χ3n) is 1.96. The SMILES string of the molecule is CC(C)(C)c1cncc(OCC(F)F)c1. The predicted octanol–water partition coefficient (Wildman–Crippen LogP) is 3.02. The van der Waals surface area contributed by atoms with Crippen molar-refractivity contribution in [3.63, 3.8) is 0 Å². The maximum absolute atomic E-state index is 11.9. The Hall–Kier alpha value is -1.19. The zero-order chi connectivity index (χ0) is 11.5. The van der Waals surface area contributed by atoms with Gasteiger partial charge in [0, 0.05) is 6.20 Å². The summed E-state index contributed by atoms with van der Waals surface area (Å²) >= 11 is 0. The summed E-state index contributed by atoms with van der Waals surface area (Å²) in [6, 6.07) is 1.75. The first kappa shape index (κ1) is 11.9. The summed E-state index contributed by atoms with van der Waals surface area (Å²) in [5.41, 5.74) is 0.909. The van der Waals surface area contributed by atoms with Gasteiger partial charge in [-0.05, 0) is 17.0 Å². The Morgan fingerprint density at radius 1 is 1.33 bits per heavy atom. The van der Waals surface area contributed by atoms with E-state index in [1.54, 1.807) is 12.3 Å². The zero-order valence-electron chi connectivity index (χ0n) is 9.13. The number of hydrogen-bond acceptors (Lipinski definition) is 2. The van der Waals surface area contributed by atoms with Crippen LogP contribution in [0.4, 0.5) is 8.78 Å². The minimum absolute atomic E-state index is 0.0583. The van der Waals surface area contributed by atoms with Crippen molar-refractivity contribution in [1.29, 1.82) is 0 Å². The fourth-order valence-corrected chi connectivity index (χ4v) is 1.07. The van der Waals surface area contributed by atoms with E-state index in [0.29, 0.717) is 5.75 Å². The van der Waals surface area contributed by atoms with Crippen molar-refractivity contribution < 1.29 is 13.5 Å². The largest absolute Gasteiger partial charge is 0.486 e. The van der Waals surface area contributed by atoms with Crippen LogP contribution in [0.3, 0.4) is 0 Å². The molecule has 4 heteroatoms. The van der Waals surface area contributed by atoms with Gasteiger partial charge in [-0.1, -0.05) is 20.8 Å². The Kier molecular flexibility index (Phi) is 3.61. The number of alkyl halides is 2. The first-order valence-electron chi connectivity index (χ1n) is 4.76. The van der Waals surface area contributed by atoms with Gasteiger partial charge < -0.3 is 4.74 Å². The Balaban J connectivity index is 2.75. The van der Waals surface area contributed by atoms with Crippen molar-refractivity contribution >= 4 is 0 Å². The molecule has 1 aromatic heterocycles. The minimum atomic E-state index is -2.46. The van der Waals surface area contributed by atoms with Gasteiger partial charge in [0.25, 0.3) is 6.43 Å². The van der Waals surface area contributed by atoms with E-state index >= 15 is 0 Å². The molecule has 84 valence electrons. The third kappa shape index (κ3) is 3.81. The summed E-state index contributed by atoms with van der Waals surface area (Å²) in [6.07, 6.45) is 0.704. The lowest BCUT2D eigenvalue weighted by molar-refractivity contribution is 0.0816. The van der Waals surface area contributed by atoms with Crippen LogP contribution in [0.1, 0.15) is 26.3 Å². The molecule has 15 heavy (non-hydrogen) atoms. The van der Waals surface area contributed by atoms with E-state index in [9.17, 15) is 8.78 Å². The van der Waals surface area contributed by atoms with Crippen LogP contribution in [0.25, 0.3) is 0 Å². The fraction of sp³-hybridized carbons (Fsp3) is 0.545. The van der Waals surface area contributed by atoms with Crippen LogP contribution in [0, 0.1) is 0 Å². The summed E-state index contributed by atoms with van der Waals surface area (Å²) in [5.74, 6) is 0.391. The summed E-state index contributed by atoms with van der Waals surface area (Å²) in [5, 5.41) is 0. The summed E-state index contributed by atoms with van der Waals surface area (Å²) in [4.78, 5) is 3.96. The molecule has 0 atom stereocenters. The van der Waals surface area contributed by atoms with E-state index in [-0.39, 0.29) is 5.41 Å². The molecular formula is C11H15F2NO. The van der Waals surface area contributed by atoms with Gasteiger partial charge in [-0.15, -0.1) is 0 Å². The molecule has 0 aromatic carbocycles. The third-order valence-corrected chi connectivity index (χ3v) is 1.96. The van der Waals surface area contributed by atoms with Crippen LogP contribution >= 0.6 is 0 Å². The van der Waals surface area contributed by atoms with Crippen molar-refractivity contribution in [3.05, 3.63) is 24.0 Å². The molecule has 0 saturated carbocycles. The maximum atomic E-state index is 11.9. The highest BCUT2D eigenvalue weighted by Gasteiger charge is 2.15. The van der Waals surface area contributed by atoms with Crippen molar-refractivity contribution in [2.45, 2.75) is 32.6 Å². The first-order valence-corrected chi connectivity index (χ1v) is 4.76. The smallest absolute Gasteiger partial charge is 0.272 e. The first-order chi connectivity index (χ1) is 6.89. The molecule has 0 radical (unpaired) electrons. The molecule has 0 saturated heterocycles. The van der Waals surface area contributed by atoms with Gasteiger partial charge in [-0.25, -0.2) is 8.78 Å². The molecule has 0 bridgehead atoms. The molecule has 1 aromatic rings. The van der Waals surface area contributed by atoms with E-state index in [4.69, 9.17) is 4.74 Å². The number of rotatable bonds is 3. The van der Waals surface area contributed by atoms with Crippen molar-refractivity contribution in [3.8, 4) is 5.75 Å². The Labute approximate surface area is 88.3 Å². The van der Waals surface area contributed by atoms with Crippen LogP contribution in [-0.4, -0.2) is 18.0 Å². The normalized spacial score (nSPS) is 11.9. The van der Waals surface area contributed by atoms with E-state index < -0.39 is 13.0 Å². The van der Waals surface area contributed by atoms with E-state index in [2.05, 4.69) is 4.98 Å². The molecule has 0 amide bonds. The fourth-order valence-electron chi connectivity index (χ4n) is 1.07. The molecule has 2 nitrogen and oxygen atoms in total. The second kappa shape index (κ2) is 4.55. The molecule has 1 heterocycles. The van der Waals surface area contributed by atoms with Crippen LogP contribution < -0.4 is 4.74 Å². The summed E-state index contributed by atoms with van der Waals surface area (Å²) in [7, 11) is 0. The highest BCUT2D eigenvalue weighted by atomic mass is 19.3. The van der Waals surface area contributed by atoms with Gasteiger partial charge in [0.2, 0.25) is 0 Å². The van der Waals surface area contributed by atoms with E-state index in [0.717, 1.165) is 5.56 Å². The van der Waals surface area contributed by atoms with Crippen LogP contribution in [0.15, 0.2) is 18.5 Å². The van der Waals surface area contributed by atoms with Crippen LogP contribution in [0.5, 0.6) is 5.75 Å². The lowest BCUT2D eigenvalue weighted by Gasteiger charge is -2.19. The van der Waals surface area contributed by atoms with Gasteiger partial charge in [-0.2, -0.15) is 0 Å². The van der Waals surface area contributed by atoms with Crippen LogP contribution in [0.2, 0.25) is 0 Å². The lowest BCUT2D eigenvalue weighted by atomic mass is 9.88. The molecule has 1 rings (SSSR count). The molecule has 0 N–H and O–H groups in total. The Morgan fingerprint density at radius 3 is 2.53 bits per heavy atom. The number of hydrogen-bond donors (Lipinski definition) is 0. The second-order valence-electron chi connectivity index (χ2n) is 4.36. The van der Waals surface area contributed by atoms with Crippen molar-refractivity contribution in [2.24, 2.45) is 0 Å². The molecule has 0 aliphatic rings. The number of halogens is 2. The quantitative estimate of drug-likeness (QED) is 0.773. The van der Waals surface area contributed by atoms with Gasteiger partial charge >= 0.3 is 0 Å². The average Bonchev–Trinajstić information content (AvgIpc) is 2.14. The van der Waals surface area contributed by atoms with Crippen molar-refractivity contribution in [1.82, 2.24) is 4.98 Å². The standard InChI is InChI=1S/C11H15F2NO/c1-11(2,3)8-4-9(6-14-5-8)15-7-10(12)13/h4-6,10H,7H2,1-3H3. The average molecular weight is 215 g/mol. The maximum Gasteiger partial charge on any atom is 0.272 e. The molecule has 0 aliphatic carbocycles. The van der Waals surface area contributed by atoms with E-state index in [1.807, 2.05) is 20.8 Å². The Morgan fingerprint density at radius 2 is 2.00 bits per heavy atom. The summed E-state index contributed by atoms with van der Waals surface area (Å²) in [6.45, 7) is 5.50. The van der Waals surface area contributed by atoms with Gasteiger partial charge in [0.1, 0.15) is 12.4 Å². The highest BCUT2D eigenvalue weighted by Crippen LogP contribution is 2.24. The van der Waals surface area contributed by atoms with Crippen LogP contribution in [-0.2, 0) is 5.41 Å². The number of ether oxygens (including phenoxy) is 1. The topological polar surface area (TPSA) is 22.1 Å². The number of nitrogens with zero attached hydrogens (tertiary/aromatic N) is 1. The minimum Gasteiger partial charge on any atom is -0.486 e. The number of aromatic nitrogens is 1. The summed E-state index contributed by atoms with van der Waals surface area (Å²) < 4.78 is 28.7. The van der Waals surface area contributed by atoms with E-state index in [1.165, 1.54) is 6.20 Å². The van der Waals surface area contributed by atoms with Crippen molar-refractivity contribution in [2.75, 3.05) is 6.61 Å². The zero-order valence-corrected chi connectivity index (χ0v) is 9.13. The van der Waals surface area contributed by atoms with Gasteiger partial charge in [0.05, 0.1) is 6.20 Å².